The van der Waals surface area contributed by atoms with Gasteiger partial charge in [-0.2, -0.15) is 0 Å². The first-order valence-corrected chi connectivity index (χ1v) is 10.2. The van der Waals surface area contributed by atoms with E-state index >= 15 is 0 Å². The van der Waals surface area contributed by atoms with E-state index in [4.69, 9.17) is 18.9 Å². The zero-order valence-electron chi connectivity index (χ0n) is 18.9. The lowest BCUT2D eigenvalue weighted by atomic mass is 10.00. The van der Waals surface area contributed by atoms with Crippen LogP contribution in [0.2, 0.25) is 0 Å². The molecule has 0 spiro atoms. The summed E-state index contributed by atoms with van der Waals surface area (Å²) in [6.07, 6.45) is -0.360. The Balaban J connectivity index is 2.19. The summed E-state index contributed by atoms with van der Waals surface area (Å²) >= 11 is 0. The zero-order chi connectivity index (χ0) is 23.2. The molecule has 0 bridgehead atoms. The maximum absolute atomic E-state index is 13.1. The minimum atomic E-state index is -0.830. The van der Waals surface area contributed by atoms with E-state index in [2.05, 4.69) is 10.6 Å². The lowest BCUT2D eigenvalue weighted by Gasteiger charge is -2.26. The van der Waals surface area contributed by atoms with Gasteiger partial charge in [-0.1, -0.05) is 19.9 Å². The van der Waals surface area contributed by atoms with Crippen molar-refractivity contribution in [3.8, 4) is 11.5 Å². The highest BCUT2D eigenvalue weighted by atomic mass is 16.7. The highest BCUT2D eigenvalue weighted by molar-refractivity contribution is 5.86. The molecule has 0 saturated carbocycles. The number of hydrogen-bond donors (Lipinski definition) is 2. The van der Waals surface area contributed by atoms with Gasteiger partial charge < -0.3 is 29.6 Å². The van der Waals surface area contributed by atoms with E-state index in [1.807, 2.05) is 13.8 Å². The van der Waals surface area contributed by atoms with Gasteiger partial charge in [0.05, 0.1) is 19.6 Å². The monoisotopic (exact) mass is 436 g/mol. The van der Waals surface area contributed by atoms with Crippen LogP contribution in [0.4, 0.5) is 4.79 Å². The van der Waals surface area contributed by atoms with Gasteiger partial charge in [0.2, 0.25) is 12.7 Å². The molecule has 0 saturated heterocycles. The molecule has 31 heavy (non-hydrogen) atoms. The van der Waals surface area contributed by atoms with Crippen LogP contribution in [-0.4, -0.2) is 43.5 Å². The number of carbonyl (C=O) groups excluding carboxylic acids is 3. The smallest absolute Gasteiger partial charge is 0.408 e. The van der Waals surface area contributed by atoms with Crippen LogP contribution < -0.4 is 20.1 Å². The molecule has 2 atom stereocenters. The molecule has 0 fully saturated rings. The fourth-order valence-corrected chi connectivity index (χ4v) is 3.06. The van der Waals surface area contributed by atoms with Gasteiger partial charge in [0.15, 0.2) is 11.5 Å². The molecule has 9 nitrogen and oxygen atoms in total. The largest absolute Gasteiger partial charge is 0.469 e. The van der Waals surface area contributed by atoms with Crippen molar-refractivity contribution in [2.24, 2.45) is 5.92 Å². The van der Waals surface area contributed by atoms with Crippen molar-refractivity contribution in [2.75, 3.05) is 13.9 Å². The van der Waals surface area contributed by atoms with Crippen LogP contribution in [0.15, 0.2) is 18.2 Å². The first kappa shape index (κ1) is 24.3. The number of nitrogens with one attached hydrogen (secondary N) is 2. The zero-order valence-corrected chi connectivity index (χ0v) is 18.9. The van der Waals surface area contributed by atoms with E-state index in [0.717, 1.165) is 0 Å². The third-order valence-corrected chi connectivity index (χ3v) is 4.43. The number of benzene rings is 1. The second-order valence-electron chi connectivity index (χ2n) is 8.78. The minimum Gasteiger partial charge on any atom is -0.469 e. The van der Waals surface area contributed by atoms with Crippen LogP contribution >= 0.6 is 0 Å². The summed E-state index contributed by atoms with van der Waals surface area (Å²) in [5, 5.41) is 5.49. The Labute approximate surface area is 182 Å². The molecule has 1 aromatic rings. The Morgan fingerprint density at radius 2 is 1.77 bits per heavy atom. The lowest BCUT2D eigenvalue weighted by Crippen LogP contribution is -2.49. The SMILES string of the molecule is COC(=O)CC(NC(=O)C(CC(C)C)NC(=O)OC(C)(C)C)c1ccc2c(c1)OCO2. The van der Waals surface area contributed by atoms with Gasteiger partial charge >= 0.3 is 12.1 Å². The molecular weight excluding hydrogens is 404 g/mol. The second-order valence-corrected chi connectivity index (χ2v) is 8.78. The van der Waals surface area contributed by atoms with Gasteiger partial charge in [-0.05, 0) is 50.8 Å². The number of amides is 2. The first-order chi connectivity index (χ1) is 14.5. The summed E-state index contributed by atoms with van der Waals surface area (Å²) in [6, 6.07) is 3.68. The number of ether oxygens (including phenoxy) is 4. The average molecular weight is 437 g/mol. The van der Waals surface area contributed by atoms with E-state index in [1.54, 1.807) is 39.0 Å². The van der Waals surface area contributed by atoms with Gasteiger partial charge in [0.25, 0.3) is 0 Å². The van der Waals surface area contributed by atoms with Gasteiger partial charge in [0.1, 0.15) is 11.6 Å². The maximum atomic E-state index is 13.1. The number of esters is 1. The summed E-state index contributed by atoms with van der Waals surface area (Å²) < 4.78 is 20.8. The van der Waals surface area contributed by atoms with E-state index in [1.165, 1.54) is 7.11 Å². The highest BCUT2D eigenvalue weighted by Crippen LogP contribution is 2.35. The Morgan fingerprint density at radius 1 is 1.10 bits per heavy atom. The van der Waals surface area contributed by atoms with Crippen LogP contribution in [0.3, 0.4) is 0 Å². The van der Waals surface area contributed by atoms with Crippen molar-refractivity contribution in [2.45, 2.75) is 65.1 Å². The molecule has 172 valence electrons. The first-order valence-electron chi connectivity index (χ1n) is 10.2. The molecular formula is C22H32N2O7. The fourth-order valence-electron chi connectivity index (χ4n) is 3.06. The molecule has 2 unspecified atom stereocenters. The topological polar surface area (TPSA) is 112 Å². The van der Waals surface area contributed by atoms with Crippen molar-refractivity contribution in [1.29, 1.82) is 0 Å². The highest BCUT2D eigenvalue weighted by Gasteiger charge is 2.29. The molecule has 2 amide bonds. The molecule has 0 radical (unpaired) electrons. The molecule has 1 aliphatic rings. The number of rotatable bonds is 8. The standard InChI is InChI=1S/C22H32N2O7/c1-13(2)9-16(24-21(27)31-22(3,4)5)20(26)23-15(11-19(25)28-6)14-7-8-17-18(10-14)30-12-29-17/h7-8,10,13,15-16H,9,11-12H2,1-6H3,(H,23,26)(H,24,27). The molecule has 2 rings (SSSR count). The minimum absolute atomic E-state index is 0.0806. The summed E-state index contributed by atoms with van der Waals surface area (Å²) in [7, 11) is 1.28. The van der Waals surface area contributed by atoms with Crippen LogP contribution in [0, 0.1) is 5.92 Å². The van der Waals surface area contributed by atoms with Crippen LogP contribution in [0.25, 0.3) is 0 Å². The van der Waals surface area contributed by atoms with E-state index < -0.39 is 35.7 Å². The van der Waals surface area contributed by atoms with Crippen molar-refractivity contribution in [3.63, 3.8) is 0 Å². The van der Waals surface area contributed by atoms with Crippen molar-refractivity contribution in [1.82, 2.24) is 10.6 Å². The Kier molecular flexibility index (Phi) is 8.13. The summed E-state index contributed by atoms with van der Waals surface area (Å²) in [5.41, 5.74) is -0.0355. The summed E-state index contributed by atoms with van der Waals surface area (Å²) in [6.45, 7) is 9.24. The number of alkyl carbamates (subject to hydrolysis) is 1. The predicted octanol–water partition coefficient (Wildman–Crippen LogP) is 3.08. The normalized spacial score (nSPS) is 14.5. The molecule has 9 heteroatoms. The summed E-state index contributed by atoms with van der Waals surface area (Å²) in [5.74, 6) is 0.355. The van der Waals surface area contributed by atoms with Crippen LogP contribution in [0.1, 0.15) is 59.1 Å². The van der Waals surface area contributed by atoms with Crippen molar-refractivity contribution in [3.05, 3.63) is 23.8 Å². The number of hydrogen-bond acceptors (Lipinski definition) is 7. The second kappa shape index (κ2) is 10.4. The van der Waals surface area contributed by atoms with Gasteiger partial charge in [-0.15, -0.1) is 0 Å². The molecule has 1 aliphatic heterocycles. The molecule has 1 heterocycles. The number of fused-ring (bicyclic) bond motifs is 1. The van der Waals surface area contributed by atoms with Crippen LogP contribution in [0.5, 0.6) is 11.5 Å². The average Bonchev–Trinajstić information content (AvgIpc) is 3.12. The maximum Gasteiger partial charge on any atom is 0.408 e. The number of methoxy groups -OCH3 is 1. The van der Waals surface area contributed by atoms with Gasteiger partial charge in [-0.3, -0.25) is 9.59 Å². The van der Waals surface area contributed by atoms with Crippen molar-refractivity contribution < 1.29 is 33.3 Å². The molecule has 0 aliphatic carbocycles. The molecule has 1 aromatic carbocycles. The Hall–Kier alpha value is -2.97. The van der Waals surface area contributed by atoms with Gasteiger partial charge in [-0.25, -0.2) is 4.79 Å². The molecule has 0 aromatic heterocycles. The van der Waals surface area contributed by atoms with Gasteiger partial charge in [0, 0.05) is 0 Å². The molecule has 2 N–H and O–H groups in total. The lowest BCUT2D eigenvalue weighted by molar-refractivity contribution is -0.141. The third kappa shape index (κ3) is 7.66. The van der Waals surface area contributed by atoms with E-state index in [-0.39, 0.29) is 19.1 Å². The van der Waals surface area contributed by atoms with E-state index in [9.17, 15) is 14.4 Å². The van der Waals surface area contributed by atoms with E-state index in [0.29, 0.717) is 23.5 Å². The fraction of sp³-hybridized carbons (Fsp3) is 0.591. The predicted molar refractivity (Wildman–Crippen MR) is 113 cm³/mol. The quantitative estimate of drug-likeness (QED) is 0.602. The van der Waals surface area contributed by atoms with Crippen LogP contribution in [-0.2, 0) is 19.1 Å². The number of carbonyl (C=O) groups is 3. The Morgan fingerprint density at radius 3 is 2.39 bits per heavy atom. The Bertz CT molecular complexity index is 802. The van der Waals surface area contributed by atoms with Crippen molar-refractivity contribution >= 4 is 18.0 Å². The summed E-state index contributed by atoms with van der Waals surface area (Å²) in [4.78, 5) is 37.3. The third-order valence-electron chi connectivity index (χ3n) is 4.43.